The maximum atomic E-state index is 12.5. The van der Waals surface area contributed by atoms with Gasteiger partial charge in [-0.2, -0.15) is 5.10 Å². The zero-order valence-corrected chi connectivity index (χ0v) is 14.5. The van der Waals surface area contributed by atoms with E-state index in [1.807, 2.05) is 12.1 Å². The van der Waals surface area contributed by atoms with E-state index >= 15 is 0 Å². The molecule has 0 aliphatic carbocycles. The molecule has 2 aromatic heterocycles. The molecule has 126 valence electrons. The molecule has 6 nitrogen and oxygen atoms in total. The molecule has 1 atom stereocenters. The summed E-state index contributed by atoms with van der Waals surface area (Å²) in [5.41, 5.74) is 3.44. The summed E-state index contributed by atoms with van der Waals surface area (Å²) in [5, 5.41) is 6.99. The van der Waals surface area contributed by atoms with Gasteiger partial charge in [0.05, 0.1) is 5.25 Å². The van der Waals surface area contributed by atoms with Crippen LogP contribution < -0.4 is 5.32 Å². The topological polar surface area (TPSA) is 72.7 Å². The van der Waals surface area contributed by atoms with E-state index in [0.29, 0.717) is 12.4 Å². The molecule has 7 heteroatoms. The highest BCUT2D eigenvalue weighted by atomic mass is 32.2. The van der Waals surface area contributed by atoms with Gasteiger partial charge in [-0.05, 0) is 36.6 Å². The predicted octanol–water partition coefficient (Wildman–Crippen LogP) is 2.30. The third-order valence-electron chi connectivity index (χ3n) is 4.12. The lowest BCUT2D eigenvalue weighted by atomic mass is 10.1. The summed E-state index contributed by atoms with van der Waals surface area (Å²) in [7, 11) is 0. The van der Waals surface area contributed by atoms with Gasteiger partial charge in [-0.15, -0.1) is 11.8 Å². The number of benzene rings is 1. The third kappa shape index (κ3) is 3.41. The summed E-state index contributed by atoms with van der Waals surface area (Å²) in [5.74, 6) is 0.768. The van der Waals surface area contributed by atoms with E-state index in [0.717, 1.165) is 12.0 Å². The molecule has 0 saturated carbocycles. The van der Waals surface area contributed by atoms with Crippen LogP contribution in [0.4, 0.5) is 0 Å². The number of hydrogen-bond donors (Lipinski definition) is 1. The van der Waals surface area contributed by atoms with Crippen molar-refractivity contribution < 1.29 is 4.79 Å². The van der Waals surface area contributed by atoms with Crippen molar-refractivity contribution in [2.45, 2.75) is 30.0 Å². The molecule has 0 saturated heterocycles. The lowest BCUT2D eigenvalue weighted by Gasteiger charge is -2.10. The van der Waals surface area contributed by atoms with Crippen molar-refractivity contribution in [2.24, 2.45) is 0 Å². The number of carbonyl (C=O) groups excluding carboxylic acids is 1. The fourth-order valence-electron chi connectivity index (χ4n) is 2.77. The Morgan fingerprint density at radius 2 is 2.28 bits per heavy atom. The fraction of sp³-hybridized carbons (Fsp3) is 0.222. The van der Waals surface area contributed by atoms with Crippen LogP contribution in [0.15, 0.2) is 54.1 Å². The fourth-order valence-corrected chi connectivity index (χ4v) is 4.08. The second-order valence-corrected chi connectivity index (χ2v) is 7.25. The Hall–Kier alpha value is -2.67. The van der Waals surface area contributed by atoms with Crippen molar-refractivity contribution in [3.63, 3.8) is 0 Å². The first-order chi connectivity index (χ1) is 12.2. The number of aryl methyl sites for hydroxylation is 1. The Kier molecular flexibility index (Phi) is 4.23. The molecule has 1 N–H and O–H groups in total. The lowest BCUT2D eigenvalue weighted by molar-refractivity contribution is -0.120. The number of aromatic nitrogens is 4. The van der Waals surface area contributed by atoms with Gasteiger partial charge in [-0.3, -0.25) is 4.79 Å². The van der Waals surface area contributed by atoms with Crippen molar-refractivity contribution in [3.05, 3.63) is 65.9 Å². The van der Waals surface area contributed by atoms with Crippen LogP contribution in [0.2, 0.25) is 0 Å². The van der Waals surface area contributed by atoms with Crippen molar-refractivity contribution in [1.82, 2.24) is 25.1 Å². The molecule has 1 amide bonds. The van der Waals surface area contributed by atoms with Gasteiger partial charge >= 0.3 is 0 Å². The highest BCUT2D eigenvalue weighted by Gasteiger charge is 2.28. The van der Waals surface area contributed by atoms with Gasteiger partial charge in [0.2, 0.25) is 5.91 Å². The molecule has 25 heavy (non-hydrogen) atoms. The summed E-state index contributed by atoms with van der Waals surface area (Å²) in [6.45, 7) is 2.54. The van der Waals surface area contributed by atoms with Gasteiger partial charge in [0.15, 0.2) is 5.82 Å². The third-order valence-corrected chi connectivity index (χ3v) is 5.42. The number of thioether (sulfide) groups is 1. The average molecular weight is 351 g/mol. The molecule has 1 aromatic carbocycles. The Morgan fingerprint density at radius 1 is 1.36 bits per heavy atom. The SMILES string of the molecule is Cc1ccc2c(c1)S[C@H](C(=O)NCc1ccc(-n3cncn3)nc1)C2. The summed E-state index contributed by atoms with van der Waals surface area (Å²) < 4.78 is 1.59. The highest BCUT2D eigenvalue weighted by Crippen LogP contribution is 2.37. The van der Waals surface area contributed by atoms with Gasteiger partial charge in [0.25, 0.3) is 0 Å². The molecule has 1 aliphatic heterocycles. The number of carbonyl (C=O) groups is 1. The van der Waals surface area contributed by atoms with E-state index in [9.17, 15) is 4.79 Å². The predicted molar refractivity (Wildman–Crippen MR) is 95.5 cm³/mol. The average Bonchev–Trinajstić information content (AvgIpc) is 3.29. The molecule has 4 rings (SSSR count). The Bertz CT molecular complexity index is 892. The van der Waals surface area contributed by atoms with Gasteiger partial charge in [0, 0.05) is 17.6 Å². The van der Waals surface area contributed by atoms with Gasteiger partial charge < -0.3 is 5.32 Å². The number of fused-ring (bicyclic) bond motifs is 1. The van der Waals surface area contributed by atoms with Crippen molar-refractivity contribution in [2.75, 3.05) is 0 Å². The molecule has 0 bridgehead atoms. The molecular formula is C18H17N5OS. The molecule has 0 spiro atoms. The number of nitrogens with zero attached hydrogens (tertiary/aromatic N) is 4. The van der Waals surface area contributed by atoms with Crippen LogP contribution in [0.1, 0.15) is 16.7 Å². The molecule has 0 fully saturated rings. The number of amides is 1. The van der Waals surface area contributed by atoms with E-state index in [2.05, 4.69) is 45.5 Å². The number of hydrogen-bond acceptors (Lipinski definition) is 5. The first-order valence-corrected chi connectivity index (χ1v) is 8.91. The van der Waals surface area contributed by atoms with Crippen LogP contribution in [0.25, 0.3) is 5.82 Å². The van der Waals surface area contributed by atoms with Gasteiger partial charge in [-0.1, -0.05) is 23.8 Å². The normalized spacial score (nSPS) is 15.8. The van der Waals surface area contributed by atoms with Gasteiger partial charge in [0.1, 0.15) is 12.7 Å². The van der Waals surface area contributed by atoms with Crippen LogP contribution in [0, 0.1) is 6.92 Å². The van der Waals surface area contributed by atoms with Crippen LogP contribution in [0.5, 0.6) is 0 Å². The molecule has 3 heterocycles. The zero-order chi connectivity index (χ0) is 17.2. The Balaban J connectivity index is 1.35. The quantitative estimate of drug-likeness (QED) is 0.781. The molecule has 0 radical (unpaired) electrons. The number of rotatable bonds is 4. The maximum absolute atomic E-state index is 12.5. The van der Waals surface area contributed by atoms with E-state index in [4.69, 9.17) is 0 Å². The minimum Gasteiger partial charge on any atom is -0.351 e. The van der Waals surface area contributed by atoms with E-state index in [1.54, 1.807) is 29.0 Å². The van der Waals surface area contributed by atoms with Crippen molar-refractivity contribution >= 4 is 17.7 Å². The standard InChI is InChI=1S/C18H17N5OS/c1-12-2-4-14-7-16(25-15(14)6-12)18(24)21-9-13-3-5-17(20-8-13)23-11-19-10-22-23/h2-6,8,10-11,16H,7,9H2,1H3,(H,21,24)/t16-/m0/s1. The molecule has 3 aromatic rings. The maximum Gasteiger partial charge on any atom is 0.234 e. The highest BCUT2D eigenvalue weighted by molar-refractivity contribution is 8.01. The summed E-state index contributed by atoms with van der Waals surface area (Å²) in [6.07, 6.45) is 5.60. The van der Waals surface area contributed by atoms with Crippen molar-refractivity contribution in [3.8, 4) is 5.82 Å². The number of pyridine rings is 1. The van der Waals surface area contributed by atoms with Crippen LogP contribution in [0.3, 0.4) is 0 Å². The first kappa shape index (κ1) is 15.8. The minimum absolute atomic E-state index is 0.0563. The van der Waals surface area contributed by atoms with Crippen LogP contribution in [-0.2, 0) is 17.8 Å². The summed E-state index contributed by atoms with van der Waals surface area (Å²) in [6, 6.07) is 10.2. The van der Waals surface area contributed by atoms with E-state index in [1.165, 1.54) is 22.3 Å². The zero-order valence-electron chi connectivity index (χ0n) is 13.7. The van der Waals surface area contributed by atoms with E-state index in [-0.39, 0.29) is 11.2 Å². The molecule has 1 aliphatic rings. The smallest absolute Gasteiger partial charge is 0.234 e. The molecule has 0 unspecified atom stereocenters. The Morgan fingerprint density at radius 3 is 3.04 bits per heavy atom. The van der Waals surface area contributed by atoms with E-state index < -0.39 is 0 Å². The largest absolute Gasteiger partial charge is 0.351 e. The molecular weight excluding hydrogens is 334 g/mol. The monoisotopic (exact) mass is 351 g/mol. The first-order valence-electron chi connectivity index (χ1n) is 8.03. The second kappa shape index (κ2) is 6.68. The van der Waals surface area contributed by atoms with Crippen molar-refractivity contribution in [1.29, 1.82) is 0 Å². The number of nitrogens with one attached hydrogen (secondary N) is 1. The summed E-state index contributed by atoms with van der Waals surface area (Å²) in [4.78, 5) is 21.9. The second-order valence-electron chi connectivity index (χ2n) is 6.00. The van der Waals surface area contributed by atoms with Crippen LogP contribution in [-0.4, -0.2) is 30.9 Å². The van der Waals surface area contributed by atoms with Gasteiger partial charge in [-0.25, -0.2) is 14.6 Å². The van der Waals surface area contributed by atoms with Crippen LogP contribution >= 0.6 is 11.8 Å². The minimum atomic E-state index is -0.0563. The summed E-state index contributed by atoms with van der Waals surface area (Å²) >= 11 is 1.65. The Labute approximate surface area is 149 Å². The lowest BCUT2D eigenvalue weighted by Crippen LogP contribution is -2.32.